The van der Waals surface area contributed by atoms with Crippen LogP contribution < -0.4 is 5.73 Å². The molecule has 4 heteroatoms. The summed E-state index contributed by atoms with van der Waals surface area (Å²) in [7, 11) is 0. The normalized spacial score (nSPS) is 14.3. The molecule has 18 heavy (non-hydrogen) atoms. The Morgan fingerprint density at radius 1 is 1.39 bits per heavy atom. The maximum Gasteiger partial charge on any atom is 0.101 e. The number of hydrogen-bond acceptors (Lipinski definition) is 3. The van der Waals surface area contributed by atoms with Gasteiger partial charge in [-0.2, -0.15) is 10.4 Å². The predicted molar refractivity (Wildman–Crippen MR) is 71.8 cm³/mol. The second-order valence-corrected chi connectivity index (χ2v) is 4.91. The lowest BCUT2D eigenvalue weighted by Crippen LogP contribution is -2.33. The van der Waals surface area contributed by atoms with Crippen molar-refractivity contribution in [2.24, 2.45) is 5.73 Å². The summed E-state index contributed by atoms with van der Waals surface area (Å²) in [6, 6.07) is 10.3. The third-order valence-corrected chi connectivity index (χ3v) is 3.12. The van der Waals surface area contributed by atoms with E-state index in [9.17, 15) is 0 Å². The van der Waals surface area contributed by atoms with Crippen LogP contribution in [0.3, 0.4) is 0 Å². The molecule has 1 aromatic heterocycles. The van der Waals surface area contributed by atoms with E-state index in [1.807, 2.05) is 23.0 Å². The highest BCUT2D eigenvalue weighted by Gasteiger charge is 2.15. The maximum atomic E-state index is 8.83. The lowest BCUT2D eigenvalue weighted by atomic mass is 9.98. The molecule has 0 bridgehead atoms. The summed E-state index contributed by atoms with van der Waals surface area (Å²) in [5.74, 6) is 0. The van der Waals surface area contributed by atoms with Gasteiger partial charge in [0, 0.05) is 11.9 Å². The van der Waals surface area contributed by atoms with Crippen LogP contribution in [0.15, 0.2) is 30.5 Å². The van der Waals surface area contributed by atoms with Crippen LogP contribution >= 0.6 is 0 Å². The van der Waals surface area contributed by atoms with Crippen LogP contribution in [0.4, 0.5) is 0 Å². The number of rotatable bonds is 5. The Kier molecular flexibility index (Phi) is 3.63. The number of nitrogens with two attached hydrogens (primary N) is 1. The molecule has 2 rings (SSSR count). The second-order valence-electron chi connectivity index (χ2n) is 4.91. The predicted octanol–water partition coefficient (Wildman–Crippen LogP) is 2.45. The maximum absolute atomic E-state index is 8.83. The van der Waals surface area contributed by atoms with Gasteiger partial charge in [0.1, 0.15) is 5.54 Å². The van der Waals surface area contributed by atoms with Crippen LogP contribution in [0.1, 0.15) is 26.2 Å². The largest absolute Gasteiger partial charge is 0.314 e. The van der Waals surface area contributed by atoms with Crippen LogP contribution in [0.2, 0.25) is 0 Å². The van der Waals surface area contributed by atoms with Crippen LogP contribution in [0, 0.1) is 11.3 Å². The van der Waals surface area contributed by atoms with Crippen molar-refractivity contribution in [3.63, 3.8) is 0 Å². The Labute approximate surface area is 107 Å². The zero-order valence-electron chi connectivity index (χ0n) is 10.6. The number of benzene rings is 1. The molecule has 0 amide bonds. The molecule has 0 aliphatic carbocycles. The Morgan fingerprint density at radius 2 is 2.17 bits per heavy atom. The van der Waals surface area contributed by atoms with Gasteiger partial charge in [-0.25, -0.2) is 0 Å². The first-order chi connectivity index (χ1) is 8.62. The molecular formula is C14H18N4. The average Bonchev–Trinajstić information content (AvgIpc) is 2.78. The van der Waals surface area contributed by atoms with Crippen molar-refractivity contribution in [1.82, 2.24) is 9.78 Å². The van der Waals surface area contributed by atoms with Crippen LogP contribution in [0.25, 0.3) is 10.9 Å². The summed E-state index contributed by atoms with van der Waals surface area (Å²) < 4.78 is 2.01. The molecule has 0 spiro atoms. The van der Waals surface area contributed by atoms with E-state index in [0.717, 1.165) is 36.7 Å². The van der Waals surface area contributed by atoms with E-state index in [1.165, 1.54) is 0 Å². The average molecular weight is 242 g/mol. The summed E-state index contributed by atoms with van der Waals surface area (Å²) in [5, 5.41) is 14.4. The Balaban J connectivity index is 1.90. The van der Waals surface area contributed by atoms with Crippen molar-refractivity contribution >= 4 is 10.9 Å². The van der Waals surface area contributed by atoms with Crippen molar-refractivity contribution in [2.45, 2.75) is 38.3 Å². The second kappa shape index (κ2) is 5.19. The van der Waals surface area contributed by atoms with Gasteiger partial charge < -0.3 is 5.73 Å². The molecule has 4 nitrogen and oxygen atoms in total. The van der Waals surface area contributed by atoms with Crippen molar-refractivity contribution in [1.29, 1.82) is 5.26 Å². The molecule has 1 unspecified atom stereocenters. The van der Waals surface area contributed by atoms with E-state index in [2.05, 4.69) is 23.3 Å². The summed E-state index contributed by atoms with van der Waals surface area (Å²) in [6.07, 6.45) is 4.54. The number of fused-ring (bicyclic) bond motifs is 1. The monoisotopic (exact) mass is 242 g/mol. The number of aryl methyl sites for hydroxylation is 1. The minimum Gasteiger partial charge on any atom is -0.314 e. The summed E-state index contributed by atoms with van der Waals surface area (Å²) in [6.45, 7) is 2.64. The van der Waals surface area contributed by atoms with Crippen LogP contribution in [-0.2, 0) is 6.54 Å². The number of nitrogens with zero attached hydrogens (tertiary/aromatic N) is 3. The lowest BCUT2D eigenvalue weighted by molar-refractivity contribution is 0.479. The SMILES string of the molecule is CC(N)(C#N)CCCCn1ncc2ccccc21. The third-order valence-electron chi connectivity index (χ3n) is 3.12. The molecule has 2 aromatic rings. The first-order valence-corrected chi connectivity index (χ1v) is 6.23. The van der Waals surface area contributed by atoms with Gasteiger partial charge in [-0.3, -0.25) is 4.68 Å². The Morgan fingerprint density at radius 3 is 2.94 bits per heavy atom. The molecule has 2 N–H and O–H groups in total. The standard InChI is InChI=1S/C14H18N4/c1-14(16,11-15)8-4-5-9-18-13-7-3-2-6-12(13)10-17-18/h2-3,6-7,10H,4-5,8-9,16H2,1H3. The molecule has 1 heterocycles. The lowest BCUT2D eigenvalue weighted by Gasteiger charge is -2.14. The smallest absolute Gasteiger partial charge is 0.101 e. The molecule has 0 saturated heterocycles. The van der Waals surface area contributed by atoms with Crippen LogP contribution in [0.5, 0.6) is 0 Å². The quantitative estimate of drug-likeness (QED) is 0.819. The molecule has 0 fully saturated rings. The highest BCUT2D eigenvalue weighted by atomic mass is 15.3. The zero-order chi connectivity index (χ0) is 13.0. The van der Waals surface area contributed by atoms with Gasteiger partial charge in [-0.05, 0) is 32.3 Å². The summed E-state index contributed by atoms with van der Waals surface area (Å²) in [5.41, 5.74) is 6.24. The number of hydrogen-bond donors (Lipinski definition) is 1. The van der Waals surface area contributed by atoms with Gasteiger partial charge in [0.05, 0.1) is 17.8 Å². The first kappa shape index (κ1) is 12.6. The van der Waals surface area contributed by atoms with Crippen molar-refractivity contribution < 1.29 is 0 Å². The van der Waals surface area contributed by atoms with E-state index >= 15 is 0 Å². The van der Waals surface area contributed by atoms with Crippen LogP contribution in [-0.4, -0.2) is 15.3 Å². The van der Waals surface area contributed by atoms with E-state index in [4.69, 9.17) is 11.0 Å². The molecule has 0 saturated carbocycles. The number of nitriles is 1. The van der Waals surface area contributed by atoms with E-state index < -0.39 is 5.54 Å². The van der Waals surface area contributed by atoms with Gasteiger partial charge in [0.25, 0.3) is 0 Å². The van der Waals surface area contributed by atoms with Crippen molar-refractivity contribution in [3.05, 3.63) is 30.5 Å². The van der Waals surface area contributed by atoms with E-state index in [0.29, 0.717) is 0 Å². The Hall–Kier alpha value is -1.86. The topological polar surface area (TPSA) is 67.6 Å². The third kappa shape index (κ3) is 2.88. The van der Waals surface area contributed by atoms with Gasteiger partial charge in [-0.1, -0.05) is 18.2 Å². The fourth-order valence-corrected chi connectivity index (χ4v) is 2.01. The molecule has 0 radical (unpaired) electrons. The summed E-state index contributed by atoms with van der Waals surface area (Å²) >= 11 is 0. The first-order valence-electron chi connectivity index (χ1n) is 6.23. The van der Waals surface area contributed by atoms with Crippen molar-refractivity contribution in [3.8, 4) is 6.07 Å². The van der Waals surface area contributed by atoms with Gasteiger partial charge in [-0.15, -0.1) is 0 Å². The number of unbranched alkanes of at least 4 members (excludes halogenated alkanes) is 1. The minimum atomic E-state index is -0.702. The molecule has 94 valence electrons. The Bertz CT molecular complexity index is 562. The highest BCUT2D eigenvalue weighted by Crippen LogP contribution is 2.15. The molecule has 1 atom stereocenters. The molecule has 1 aromatic carbocycles. The van der Waals surface area contributed by atoms with Gasteiger partial charge in [0.15, 0.2) is 0 Å². The molecule has 0 aliphatic heterocycles. The minimum absolute atomic E-state index is 0.702. The van der Waals surface area contributed by atoms with E-state index in [-0.39, 0.29) is 0 Å². The van der Waals surface area contributed by atoms with Gasteiger partial charge in [0.2, 0.25) is 0 Å². The fraction of sp³-hybridized carbons (Fsp3) is 0.429. The molecule has 0 aliphatic rings. The summed E-state index contributed by atoms with van der Waals surface area (Å²) in [4.78, 5) is 0. The number of aromatic nitrogens is 2. The number of para-hydroxylation sites is 1. The zero-order valence-corrected chi connectivity index (χ0v) is 10.6. The van der Waals surface area contributed by atoms with Crippen molar-refractivity contribution in [2.75, 3.05) is 0 Å². The molecular weight excluding hydrogens is 224 g/mol. The highest BCUT2D eigenvalue weighted by molar-refractivity contribution is 5.78. The van der Waals surface area contributed by atoms with Gasteiger partial charge >= 0.3 is 0 Å². The van der Waals surface area contributed by atoms with E-state index in [1.54, 1.807) is 6.92 Å². The fourth-order valence-electron chi connectivity index (χ4n) is 2.01.